The fourth-order valence-corrected chi connectivity index (χ4v) is 4.69. The molecule has 6 N–H and O–H groups in total. The molecule has 0 aliphatic heterocycles. The molecule has 0 rings (SSSR count). The second-order valence-electron chi connectivity index (χ2n) is 14.0. The summed E-state index contributed by atoms with van der Waals surface area (Å²) in [5, 5.41) is 0. The highest BCUT2D eigenvalue weighted by Gasteiger charge is 2.29. The molecule has 0 fully saturated rings. The topological polar surface area (TPSA) is 133 Å². The monoisotopic (exact) mass is 650 g/mol. The van der Waals surface area contributed by atoms with Crippen LogP contribution in [0.25, 0.3) is 0 Å². The maximum absolute atomic E-state index is 6.02. The molecule has 0 aromatic heterocycles. The zero-order valence-electron chi connectivity index (χ0n) is 31.6. The number of ether oxygens (including phenoxy) is 6. The highest BCUT2D eigenvalue weighted by atomic mass is 16.5. The predicted octanol–water partition coefficient (Wildman–Crippen LogP) is 6.33. The first-order valence-corrected chi connectivity index (χ1v) is 18.1. The van der Waals surface area contributed by atoms with Crippen LogP contribution >= 0.6 is 0 Å². The smallest absolute Gasteiger partial charge is 0.0781 e. The molecule has 0 amide bonds. The minimum absolute atomic E-state index is 0.0395. The van der Waals surface area contributed by atoms with Gasteiger partial charge >= 0.3 is 0 Å². The number of unbranched alkanes of at least 4 members (excludes halogenated alkanes) is 1. The SMILES string of the molecule is CCCC(OCC(C)N)C(CC)COCC(C)C.CCCCC(CC)(COCC(C)OCC(C)N)COCC(C)OCC(C)N. The summed E-state index contributed by atoms with van der Waals surface area (Å²) in [6.45, 7) is 29.0. The second-order valence-corrected chi connectivity index (χ2v) is 14.0. The summed E-state index contributed by atoms with van der Waals surface area (Å²) < 4.78 is 35.1. The molecule has 0 bridgehead atoms. The van der Waals surface area contributed by atoms with Gasteiger partial charge in [-0.2, -0.15) is 0 Å². The van der Waals surface area contributed by atoms with Gasteiger partial charge in [0, 0.05) is 36.1 Å². The largest absolute Gasteiger partial charge is 0.381 e. The maximum Gasteiger partial charge on any atom is 0.0781 e. The maximum atomic E-state index is 6.02. The summed E-state index contributed by atoms with van der Waals surface area (Å²) in [4.78, 5) is 0. The van der Waals surface area contributed by atoms with Crippen LogP contribution in [-0.2, 0) is 28.4 Å². The Morgan fingerprint density at radius 3 is 1.42 bits per heavy atom. The molecule has 0 aliphatic carbocycles. The van der Waals surface area contributed by atoms with E-state index in [-0.39, 0.29) is 41.9 Å². The Kier molecular flexibility index (Phi) is 30.9. The molecule has 0 aliphatic rings. The van der Waals surface area contributed by atoms with Crippen molar-refractivity contribution in [2.75, 3.05) is 59.5 Å². The summed E-state index contributed by atoms with van der Waals surface area (Å²) in [6.07, 6.45) is 8.19. The van der Waals surface area contributed by atoms with Crippen LogP contribution in [0.4, 0.5) is 0 Å². The Bertz CT molecular complexity index is 600. The van der Waals surface area contributed by atoms with Gasteiger partial charge in [0.25, 0.3) is 0 Å². The summed E-state index contributed by atoms with van der Waals surface area (Å²) >= 11 is 0. The lowest BCUT2D eigenvalue weighted by atomic mass is 9.81. The van der Waals surface area contributed by atoms with Crippen LogP contribution in [0.15, 0.2) is 0 Å². The lowest BCUT2D eigenvalue weighted by Crippen LogP contribution is -2.35. The molecular formula is C36H79N3O6. The van der Waals surface area contributed by atoms with Crippen molar-refractivity contribution in [3.8, 4) is 0 Å². The molecule has 0 heterocycles. The lowest BCUT2D eigenvalue weighted by Gasteiger charge is -2.33. The molecule has 9 heteroatoms. The highest BCUT2D eigenvalue weighted by molar-refractivity contribution is 4.78. The molecule has 0 saturated carbocycles. The number of hydrogen-bond donors (Lipinski definition) is 3. The Balaban J connectivity index is 0. The Morgan fingerprint density at radius 1 is 0.556 bits per heavy atom. The van der Waals surface area contributed by atoms with Crippen molar-refractivity contribution in [1.29, 1.82) is 0 Å². The normalized spacial score (nSPS) is 17.9. The van der Waals surface area contributed by atoms with Crippen molar-refractivity contribution in [1.82, 2.24) is 0 Å². The van der Waals surface area contributed by atoms with Crippen LogP contribution < -0.4 is 17.2 Å². The summed E-state index contributed by atoms with van der Waals surface area (Å²) in [7, 11) is 0. The van der Waals surface area contributed by atoms with Crippen molar-refractivity contribution >= 4 is 0 Å². The van der Waals surface area contributed by atoms with Gasteiger partial charge in [0.15, 0.2) is 0 Å². The van der Waals surface area contributed by atoms with E-state index in [0.29, 0.717) is 58.1 Å². The van der Waals surface area contributed by atoms with E-state index in [1.807, 2.05) is 34.6 Å². The third-order valence-corrected chi connectivity index (χ3v) is 7.60. The first-order chi connectivity index (χ1) is 21.2. The van der Waals surface area contributed by atoms with E-state index in [2.05, 4.69) is 41.5 Å². The first-order valence-electron chi connectivity index (χ1n) is 18.1. The molecule has 45 heavy (non-hydrogen) atoms. The van der Waals surface area contributed by atoms with Gasteiger partial charge in [-0.05, 0) is 66.2 Å². The van der Waals surface area contributed by atoms with Gasteiger partial charge < -0.3 is 45.6 Å². The number of rotatable bonds is 29. The van der Waals surface area contributed by atoms with Gasteiger partial charge in [0.05, 0.1) is 71.2 Å². The molecule has 9 nitrogen and oxygen atoms in total. The highest BCUT2D eigenvalue weighted by Crippen LogP contribution is 2.30. The fourth-order valence-electron chi connectivity index (χ4n) is 4.69. The van der Waals surface area contributed by atoms with E-state index in [1.54, 1.807) is 0 Å². The van der Waals surface area contributed by atoms with Crippen molar-refractivity contribution in [3.63, 3.8) is 0 Å². The lowest BCUT2D eigenvalue weighted by molar-refractivity contribution is -0.0789. The van der Waals surface area contributed by atoms with Crippen molar-refractivity contribution in [2.45, 2.75) is 158 Å². The van der Waals surface area contributed by atoms with Crippen LogP contribution in [0.2, 0.25) is 0 Å². The number of nitrogens with two attached hydrogens (primary N) is 3. The van der Waals surface area contributed by atoms with Crippen LogP contribution in [0.1, 0.15) is 121 Å². The van der Waals surface area contributed by atoms with E-state index in [1.165, 1.54) is 12.8 Å². The third-order valence-electron chi connectivity index (χ3n) is 7.60. The molecule has 7 unspecified atom stereocenters. The first kappa shape index (κ1) is 46.8. The van der Waals surface area contributed by atoms with E-state index in [9.17, 15) is 0 Å². The molecule has 0 radical (unpaired) electrons. The zero-order valence-corrected chi connectivity index (χ0v) is 31.6. The van der Waals surface area contributed by atoms with Gasteiger partial charge in [-0.3, -0.25) is 0 Å². The predicted molar refractivity (Wildman–Crippen MR) is 190 cm³/mol. The van der Waals surface area contributed by atoms with Gasteiger partial charge in [0.1, 0.15) is 0 Å². The zero-order chi connectivity index (χ0) is 34.7. The molecular weight excluding hydrogens is 570 g/mol. The average Bonchev–Trinajstić information content (AvgIpc) is 2.98. The summed E-state index contributed by atoms with van der Waals surface area (Å²) in [5.41, 5.74) is 17.3. The van der Waals surface area contributed by atoms with Crippen LogP contribution in [-0.4, -0.2) is 95.9 Å². The van der Waals surface area contributed by atoms with Gasteiger partial charge in [-0.1, -0.05) is 60.8 Å². The second kappa shape index (κ2) is 29.8. The fraction of sp³-hybridized carbons (Fsp3) is 1.00. The minimum atomic E-state index is 0.0395. The molecule has 7 atom stereocenters. The molecule has 0 saturated heterocycles. The van der Waals surface area contributed by atoms with Gasteiger partial charge in [-0.25, -0.2) is 0 Å². The quantitative estimate of drug-likeness (QED) is 0.0850. The third kappa shape index (κ3) is 28.4. The van der Waals surface area contributed by atoms with Crippen LogP contribution in [0.5, 0.6) is 0 Å². The van der Waals surface area contributed by atoms with Crippen molar-refractivity contribution in [2.24, 2.45) is 34.5 Å². The van der Waals surface area contributed by atoms with Gasteiger partial charge in [-0.15, -0.1) is 0 Å². The summed E-state index contributed by atoms with van der Waals surface area (Å²) in [5.74, 6) is 1.08. The minimum Gasteiger partial charge on any atom is -0.381 e. The summed E-state index contributed by atoms with van der Waals surface area (Å²) in [6, 6.07) is 0.205. The van der Waals surface area contributed by atoms with E-state index >= 15 is 0 Å². The van der Waals surface area contributed by atoms with E-state index in [0.717, 1.165) is 45.3 Å². The Labute approximate surface area is 279 Å². The Morgan fingerprint density at radius 2 is 1.04 bits per heavy atom. The molecule has 0 aromatic rings. The average molecular weight is 650 g/mol. The van der Waals surface area contributed by atoms with Gasteiger partial charge in [0.2, 0.25) is 0 Å². The number of hydrogen-bond acceptors (Lipinski definition) is 9. The standard InChI is InChI=1S/C21H46N2O4.C15H33NO2/c1-7-9-10-21(8-2,15-24-13-19(5)26-11-17(3)22)16-25-14-20(6)27-12-18(4)23;1-6-8-15(18-10-13(5)16)14(7-2)11-17-9-12(3)4/h17-20H,7-16,22-23H2,1-6H3;12-15H,6-11,16H2,1-5H3. The van der Waals surface area contributed by atoms with Crippen LogP contribution in [0.3, 0.4) is 0 Å². The van der Waals surface area contributed by atoms with Crippen LogP contribution in [0, 0.1) is 17.3 Å². The van der Waals surface area contributed by atoms with Crippen molar-refractivity contribution in [3.05, 3.63) is 0 Å². The Hall–Kier alpha value is -0.360. The molecule has 0 spiro atoms. The van der Waals surface area contributed by atoms with Crippen molar-refractivity contribution < 1.29 is 28.4 Å². The molecule has 274 valence electrons. The van der Waals surface area contributed by atoms with E-state index in [4.69, 9.17) is 45.6 Å². The molecule has 0 aromatic carbocycles. The van der Waals surface area contributed by atoms with E-state index < -0.39 is 0 Å².